The third-order valence-corrected chi connectivity index (χ3v) is 3.03. The minimum Gasteiger partial charge on any atom is -0.395 e. The van der Waals surface area contributed by atoms with Crippen LogP contribution in [0.1, 0.15) is 12.0 Å². The van der Waals surface area contributed by atoms with Crippen molar-refractivity contribution in [3.63, 3.8) is 0 Å². The fraction of sp³-hybridized carbons (Fsp3) is 0.533. The molecule has 0 aliphatic rings. The smallest absolute Gasteiger partial charge is 0.317 e. The number of aliphatic hydroxyl groups excluding tert-OH is 1. The molecule has 0 aromatic heterocycles. The van der Waals surface area contributed by atoms with Crippen molar-refractivity contribution in [1.82, 2.24) is 15.1 Å². The van der Waals surface area contributed by atoms with Crippen molar-refractivity contribution in [2.24, 2.45) is 0 Å². The first-order valence-corrected chi connectivity index (χ1v) is 7.06. The highest BCUT2D eigenvalue weighted by molar-refractivity contribution is 5.74. The quantitative estimate of drug-likeness (QED) is 0.711. The van der Waals surface area contributed by atoms with Crippen LogP contribution in [0.15, 0.2) is 24.3 Å². The maximum atomic E-state index is 13.6. The number of amides is 2. The molecule has 1 aromatic carbocycles. The van der Waals surface area contributed by atoms with Crippen molar-refractivity contribution in [3.8, 4) is 0 Å². The monoisotopic (exact) mass is 297 g/mol. The first-order chi connectivity index (χ1) is 10.0. The lowest BCUT2D eigenvalue weighted by Crippen LogP contribution is -2.42. The molecule has 1 rings (SSSR count). The van der Waals surface area contributed by atoms with Gasteiger partial charge in [-0.25, -0.2) is 9.18 Å². The van der Waals surface area contributed by atoms with Crippen LogP contribution in [0, 0.1) is 5.82 Å². The van der Waals surface area contributed by atoms with E-state index in [0.717, 1.165) is 13.0 Å². The van der Waals surface area contributed by atoms with E-state index in [1.807, 2.05) is 19.0 Å². The molecule has 0 unspecified atom stereocenters. The van der Waals surface area contributed by atoms with Crippen molar-refractivity contribution in [2.75, 3.05) is 40.3 Å². The molecule has 0 aliphatic heterocycles. The van der Waals surface area contributed by atoms with Crippen LogP contribution in [-0.4, -0.2) is 61.3 Å². The molecule has 0 fully saturated rings. The highest BCUT2D eigenvalue weighted by atomic mass is 19.1. The molecule has 0 saturated heterocycles. The summed E-state index contributed by atoms with van der Waals surface area (Å²) in [5.74, 6) is -0.346. The van der Waals surface area contributed by atoms with E-state index in [1.165, 1.54) is 11.0 Å². The number of aliphatic hydroxyl groups is 1. The van der Waals surface area contributed by atoms with E-state index in [1.54, 1.807) is 18.2 Å². The van der Waals surface area contributed by atoms with Gasteiger partial charge in [-0.15, -0.1) is 0 Å². The summed E-state index contributed by atoms with van der Waals surface area (Å²) >= 11 is 0. The summed E-state index contributed by atoms with van der Waals surface area (Å²) in [5.41, 5.74) is 0.439. The average Bonchev–Trinajstić information content (AvgIpc) is 2.45. The molecule has 21 heavy (non-hydrogen) atoms. The molecular weight excluding hydrogens is 273 g/mol. The number of urea groups is 1. The minimum atomic E-state index is -0.346. The Bertz CT molecular complexity index is 441. The molecule has 0 aliphatic carbocycles. The Balaban J connectivity index is 2.52. The molecule has 118 valence electrons. The minimum absolute atomic E-state index is 0.146. The van der Waals surface area contributed by atoms with Gasteiger partial charge in [0.2, 0.25) is 0 Å². The van der Waals surface area contributed by atoms with Gasteiger partial charge in [0.05, 0.1) is 13.2 Å². The molecule has 5 nitrogen and oxygen atoms in total. The average molecular weight is 297 g/mol. The molecular formula is C15H24FN3O2. The number of hydrogen-bond donors (Lipinski definition) is 2. The predicted octanol–water partition coefficient (Wildman–Crippen LogP) is 1.28. The second-order valence-electron chi connectivity index (χ2n) is 5.13. The third kappa shape index (κ3) is 6.55. The number of rotatable bonds is 8. The van der Waals surface area contributed by atoms with Crippen molar-refractivity contribution < 1.29 is 14.3 Å². The molecule has 2 N–H and O–H groups in total. The zero-order valence-electron chi connectivity index (χ0n) is 12.7. The Kier molecular flexibility index (Phi) is 7.71. The van der Waals surface area contributed by atoms with Crippen LogP contribution < -0.4 is 5.32 Å². The molecule has 6 heteroatoms. The Hall–Kier alpha value is -1.66. The van der Waals surface area contributed by atoms with E-state index in [9.17, 15) is 9.18 Å². The Morgan fingerprint density at radius 3 is 2.62 bits per heavy atom. The summed E-state index contributed by atoms with van der Waals surface area (Å²) in [6, 6.07) is 6.05. The molecule has 2 amide bonds. The SMILES string of the molecule is CN(C)CCCNC(=O)N(CCO)Cc1ccccc1F. The molecule has 0 radical (unpaired) electrons. The number of benzene rings is 1. The lowest BCUT2D eigenvalue weighted by molar-refractivity contribution is 0.173. The highest BCUT2D eigenvalue weighted by Gasteiger charge is 2.14. The van der Waals surface area contributed by atoms with Crippen LogP contribution in [0.3, 0.4) is 0 Å². The van der Waals surface area contributed by atoms with E-state index in [2.05, 4.69) is 5.32 Å². The van der Waals surface area contributed by atoms with Crippen LogP contribution in [0.4, 0.5) is 9.18 Å². The van der Waals surface area contributed by atoms with Crippen LogP contribution in [-0.2, 0) is 6.54 Å². The standard InChI is InChI=1S/C15H24FN3O2/c1-18(2)9-5-8-17-15(21)19(10-11-20)12-13-6-3-4-7-14(13)16/h3-4,6-7,20H,5,8-12H2,1-2H3,(H,17,21). The Morgan fingerprint density at radius 1 is 1.29 bits per heavy atom. The largest absolute Gasteiger partial charge is 0.395 e. The molecule has 0 bridgehead atoms. The lowest BCUT2D eigenvalue weighted by Gasteiger charge is -2.22. The Labute approximate surface area is 125 Å². The van der Waals surface area contributed by atoms with Gasteiger partial charge < -0.3 is 20.2 Å². The number of carbonyl (C=O) groups excluding carboxylic acids is 1. The second kappa shape index (κ2) is 9.31. The summed E-state index contributed by atoms with van der Waals surface area (Å²) in [6.07, 6.45) is 0.839. The maximum absolute atomic E-state index is 13.6. The fourth-order valence-electron chi connectivity index (χ4n) is 1.91. The fourth-order valence-corrected chi connectivity index (χ4v) is 1.91. The van der Waals surface area contributed by atoms with Crippen molar-refractivity contribution in [1.29, 1.82) is 0 Å². The second-order valence-corrected chi connectivity index (χ2v) is 5.13. The van der Waals surface area contributed by atoms with E-state index in [0.29, 0.717) is 12.1 Å². The summed E-state index contributed by atoms with van der Waals surface area (Å²) in [6.45, 7) is 1.60. The zero-order chi connectivity index (χ0) is 15.7. The van der Waals surface area contributed by atoms with Crippen LogP contribution >= 0.6 is 0 Å². The van der Waals surface area contributed by atoms with E-state index < -0.39 is 0 Å². The Morgan fingerprint density at radius 2 is 2.00 bits per heavy atom. The zero-order valence-corrected chi connectivity index (χ0v) is 12.7. The number of hydrogen-bond acceptors (Lipinski definition) is 3. The maximum Gasteiger partial charge on any atom is 0.317 e. The van der Waals surface area contributed by atoms with Crippen molar-refractivity contribution in [3.05, 3.63) is 35.6 Å². The summed E-state index contributed by atoms with van der Waals surface area (Å²) in [5, 5.41) is 11.8. The van der Waals surface area contributed by atoms with Gasteiger partial charge in [0.25, 0.3) is 0 Å². The highest BCUT2D eigenvalue weighted by Crippen LogP contribution is 2.09. The number of carbonyl (C=O) groups is 1. The summed E-state index contributed by atoms with van der Waals surface area (Å²) in [7, 11) is 3.94. The van der Waals surface area contributed by atoms with E-state index in [-0.39, 0.29) is 31.5 Å². The van der Waals surface area contributed by atoms with Crippen molar-refractivity contribution in [2.45, 2.75) is 13.0 Å². The van der Waals surface area contributed by atoms with Crippen molar-refractivity contribution >= 4 is 6.03 Å². The normalized spacial score (nSPS) is 10.7. The molecule has 0 atom stereocenters. The van der Waals surface area contributed by atoms with Gasteiger partial charge in [0.15, 0.2) is 0 Å². The molecule has 0 heterocycles. The third-order valence-electron chi connectivity index (χ3n) is 3.03. The van der Waals surface area contributed by atoms with E-state index >= 15 is 0 Å². The van der Waals surface area contributed by atoms with Gasteiger partial charge in [-0.2, -0.15) is 0 Å². The van der Waals surface area contributed by atoms with E-state index in [4.69, 9.17) is 5.11 Å². The van der Waals surface area contributed by atoms with Crippen LogP contribution in [0.25, 0.3) is 0 Å². The number of nitrogens with one attached hydrogen (secondary N) is 1. The van der Waals surface area contributed by atoms with Gasteiger partial charge in [-0.1, -0.05) is 18.2 Å². The van der Waals surface area contributed by atoms with Crippen LogP contribution in [0.2, 0.25) is 0 Å². The van der Waals surface area contributed by atoms with Gasteiger partial charge in [-0.05, 0) is 33.1 Å². The van der Waals surface area contributed by atoms with Gasteiger partial charge in [-0.3, -0.25) is 0 Å². The first-order valence-electron chi connectivity index (χ1n) is 7.06. The predicted molar refractivity (Wildman–Crippen MR) is 80.5 cm³/mol. The topological polar surface area (TPSA) is 55.8 Å². The molecule has 0 spiro atoms. The lowest BCUT2D eigenvalue weighted by atomic mass is 10.2. The molecule has 1 aromatic rings. The van der Waals surface area contributed by atoms with Gasteiger partial charge in [0.1, 0.15) is 5.82 Å². The summed E-state index contributed by atoms with van der Waals surface area (Å²) < 4.78 is 13.6. The van der Waals surface area contributed by atoms with Gasteiger partial charge >= 0.3 is 6.03 Å². The molecule has 0 saturated carbocycles. The first kappa shape index (κ1) is 17.4. The number of halogens is 1. The van der Waals surface area contributed by atoms with Crippen LogP contribution in [0.5, 0.6) is 0 Å². The van der Waals surface area contributed by atoms with Gasteiger partial charge in [0, 0.05) is 18.7 Å². The number of nitrogens with zero attached hydrogens (tertiary/aromatic N) is 2. The summed E-state index contributed by atoms with van der Waals surface area (Å²) in [4.78, 5) is 15.5.